The maximum atomic E-state index is 12.8. The summed E-state index contributed by atoms with van der Waals surface area (Å²) < 4.78 is 17.4. The molecule has 1 saturated carbocycles. The van der Waals surface area contributed by atoms with E-state index in [2.05, 4.69) is 6.07 Å². The summed E-state index contributed by atoms with van der Waals surface area (Å²) in [6.45, 7) is 0.676. The van der Waals surface area contributed by atoms with Crippen LogP contribution in [0.15, 0.2) is 75.9 Å². The molecule has 0 bridgehead atoms. The van der Waals surface area contributed by atoms with Gasteiger partial charge in [-0.2, -0.15) is 5.26 Å². The maximum Gasteiger partial charge on any atom is 0.344 e. The summed E-state index contributed by atoms with van der Waals surface area (Å²) in [6, 6.07) is 22.5. The number of rotatable bonds is 7. The Labute approximate surface area is 197 Å². The van der Waals surface area contributed by atoms with Crippen LogP contribution in [0.1, 0.15) is 29.7 Å². The second-order valence-corrected chi connectivity index (χ2v) is 8.32. The van der Waals surface area contributed by atoms with Crippen molar-refractivity contribution in [2.45, 2.75) is 12.8 Å². The number of ether oxygens (including phenoxy) is 2. The van der Waals surface area contributed by atoms with Crippen molar-refractivity contribution in [3.8, 4) is 28.7 Å². The summed E-state index contributed by atoms with van der Waals surface area (Å²) in [4.78, 5) is 12.8. The van der Waals surface area contributed by atoms with Crippen LogP contribution < -0.4 is 15.1 Å². The van der Waals surface area contributed by atoms with E-state index < -0.39 is 5.63 Å². The van der Waals surface area contributed by atoms with Crippen molar-refractivity contribution in [3.05, 3.63) is 94.0 Å². The van der Waals surface area contributed by atoms with Gasteiger partial charge in [-0.25, -0.2) is 4.79 Å². The number of methoxy groups -OCH3 is 1. The average molecular weight is 450 g/mol. The fourth-order valence-electron chi connectivity index (χ4n) is 3.99. The topological polar surface area (TPSA) is 72.5 Å². The molecule has 0 spiro atoms. The van der Waals surface area contributed by atoms with E-state index in [1.165, 1.54) is 12.8 Å². The van der Waals surface area contributed by atoms with Crippen LogP contribution >= 0.6 is 0 Å². The van der Waals surface area contributed by atoms with Gasteiger partial charge in [-0.1, -0.05) is 36.4 Å². The smallest absolute Gasteiger partial charge is 0.344 e. The summed E-state index contributed by atoms with van der Waals surface area (Å²) in [5.41, 5.74) is 2.58. The minimum atomic E-state index is -0.405. The van der Waals surface area contributed by atoms with E-state index in [0.717, 1.165) is 27.8 Å². The number of benzene rings is 3. The van der Waals surface area contributed by atoms with Gasteiger partial charge in [0.1, 0.15) is 17.3 Å². The standard InChI is InChI=1S/C29H23NO4/c1-32-25-7-4-8-26(33-18-20-9-10-20)24(25)15-16-27-28(21-13-11-19(17-30)12-14-21)22-5-2-3-6-23(22)29(31)34-27/h2-8,11-16,20H,9-10,18H2,1H3/b16-15+. The van der Waals surface area contributed by atoms with E-state index in [1.807, 2.05) is 54.6 Å². The Bertz CT molecular complexity index is 1470. The lowest BCUT2D eigenvalue weighted by atomic mass is 9.97. The van der Waals surface area contributed by atoms with Crippen LogP contribution in [-0.2, 0) is 0 Å². The number of fused-ring (bicyclic) bond motifs is 1. The zero-order chi connectivity index (χ0) is 23.5. The Kier molecular flexibility index (Phi) is 5.88. The second-order valence-electron chi connectivity index (χ2n) is 8.32. The third kappa shape index (κ3) is 4.31. The van der Waals surface area contributed by atoms with Gasteiger partial charge < -0.3 is 13.9 Å². The first-order chi connectivity index (χ1) is 16.7. The lowest BCUT2D eigenvalue weighted by Crippen LogP contribution is -2.03. The van der Waals surface area contributed by atoms with Gasteiger partial charge in [0.2, 0.25) is 0 Å². The summed E-state index contributed by atoms with van der Waals surface area (Å²) >= 11 is 0. The molecule has 0 aliphatic heterocycles. The molecule has 0 unspecified atom stereocenters. The van der Waals surface area contributed by atoms with Crippen molar-refractivity contribution < 1.29 is 13.9 Å². The van der Waals surface area contributed by atoms with Crippen molar-refractivity contribution in [3.63, 3.8) is 0 Å². The summed E-state index contributed by atoms with van der Waals surface area (Å²) in [7, 11) is 1.62. The first-order valence-corrected chi connectivity index (χ1v) is 11.2. The molecule has 34 heavy (non-hydrogen) atoms. The van der Waals surface area contributed by atoms with E-state index in [0.29, 0.717) is 35.0 Å². The van der Waals surface area contributed by atoms with Crippen molar-refractivity contribution >= 4 is 22.9 Å². The van der Waals surface area contributed by atoms with Crippen LogP contribution in [0.25, 0.3) is 34.1 Å². The normalized spacial score (nSPS) is 13.2. The highest BCUT2D eigenvalue weighted by Crippen LogP contribution is 2.36. The van der Waals surface area contributed by atoms with E-state index in [9.17, 15) is 10.1 Å². The Balaban J connectivity index is 1.65. The maximum absolute atomic E-state index is 12.8. The van der Waals surface area contributed by atoms with Crippen LogP contribution in [0.3, 0.4) is 0 Å². The van der Waals surface area contributed by atoms with Gasteiger partial charge in [-0.05, 0) is 66.8 Å². The molecule has 0 N–H and O–H groups in total. The molecule has 1 heterocycles. The minimum absolute atomic E-state index is 0.405. The van der Waals surface area contributed by atoms with Gasteiger partial charge in [-0.3, -0.25) is 0 Å². The summed E-state index contributed by atoms with van der Waals surface area (Å²) in [6.07, 6.45) is 6.04. The first kappa shape index (κ1) is 21.5. The molecule has 1 fully saturated rings. The van der Waals surface area contributed by atoms with Crippen LogP contribution in [-0.4, -0.2) is 13.7 Å². The van der Waals surface area contributed by atoms with E-state index in [1.54, 1.807) is 31.4 Å². The summed E-state index contributed by atoms with van der Waals surface area (Å²) in [5.74, 6) is 2.44. The van der Waals surface area contributed by atoms with Gasteiger partial charge >= 0.3 is 5.63 Å². The molecule has 1 aliphatic rings. The highest BCUT2D eigenvalue weighted by molar-refractivity contribution is 5.99. The average Bonchev–Trinajstić information content (AvgIpc) is 3.71. The van der Waals surface area contributed by atoms with Crippen LogP contribution in [0.4, 0.5) is 0 Å². The molecule has 5 rings (SSSR count). The van der Waals surface area contributed by atoms with Crippen molar-refractivity contribution in [2.75, 3.05) is 13.7 Å². The predicted molar refractivity (Wildman–Crippen MR) is 133 cm³/mol. The third-order valence-corrected chi connectivity index (χ3v) is 5.99. The van der Waals surface area contributed by atoms with Gasteiger partial charge in [0.15, 0.2) is 0 Å². The molecule has 1 aliphatic carbocycles. The zero-order valence-electron chi connectivity index (χ0n) is 18.8. The van der Waals surface area contributed by atoms with Gasteiger partial charge in [0, 0.05) is 10.9 Å². The largest absolute Gasteiger partial charge is 0.496 e. The van der Waals surface area contributed by atoms with Gasteiger partial charge in [-0.15, -0.1) is 0 Å². The SMILES string of the molecule is COc1cccc(OCC2CC2)c1/C=C/c1oc(=O)c2ccccc2c1-c1ccc(C#N)cc1. The second kappa shape index (κ2) is 9.29. The van der Waals surface area contributed by atoms with Crippen molar-refractivity contribution in [1.29, 1.82) is 5.26 Å². The molecule has 5 heteroatoms. The minimum Gasteiger partial charge on any atom is -0.496 e. The molecule has 1 aromatic heterocycles. The first-order valence-electron chi connectivity index (χ1n) is 11.2. The molecule has 3 aromatic carbocycles. The molecule has 0 radical (unpaired) electrons. The third-order valence-electron chi connectivity index (χ3n) is 5.99. The number of nitriles is 1. The predicted octanol–water partition coefficient (Wildman–Crippen LogP) is 6.30. The zero-order valence-corrected chi connectivity index (χ0v) is 18.8. The molecule has 0 atom stereocenters. The van der Waals surface area contributed by atoms with Crippen molar-refractivity contribution in [1.82, 2.24) is 0 Å². The number of hydrogen-bond donors (Lipinski definition) is 0. The Morgan fingerprint density at radius 3 is 2.41 bits per heavy atom. The number of hydrogen-bond acceptors (Lipinski definition) is 5. The highest BCUT2D eigenvalue weighted by atomic mass is 16.5. The lowest BCUT2D eigenvalue weighted by molar-refractivity contribution is 0.297. The fraction of sp³-hybridized carbons (Fsp3) is 0.172. The highest BCUT2D eigenvalue weighted by Gasteiger charge is 2.22. The van der Waals surface area contributed by atoms with Gasteiger partial charge in [0.25, 0.3) is 0 Å². The lowest BCUT2D eigenvalue weighted by Gasteiger charge is -2.13. The van der Waals surface area contributed by atoms with E-state index in [4.69, 9.17) is 13.9 Å². The van der Waals surface area contributed by atoms with Gasteiger partial charge in [0.05, 0.1) is 36.3 Å². The van der Waals surface area contributed by atoms with Crippen LogP contribution in [0.2, 0.25) is 0 Å². The molecule has 5 nitrogen and oxygen atoms in total. The Morgan fingerprint density at radius 2 is 1.71 bits per heavy atom. The fourth-order valence-corrected chi connectivity index (χ4v) is 3.99. The van der Waals surface area contributed by atoms with Crippen LogP contribution in [0.5, 0.6) is 11.5 Å². The van der Waals surface area contributed by atoms with Crippen molar-refractivity contribution in [2.24, 2.45) is 5.92 Å². The molecule has 4 aromatic rings. The Morgan fingerprint density at radius 1 is 0.971 bits per heavy atom. The van der Waals surface area contributed by atoms with E-state index >= 15 is 0 Å². The molecule has 168 valence electrons. The molecular formula is C29H23NO4. The number of nitrogens with zero attached hydrogens (tertiary/aromatic N) is 1. The monoisotopic (exact) mass is 449 g/mol. The molecule has 0 saturated heterocycles. The molecular weight excluding hydrogens is 426 g/mol. The van der Waals surface area contributed by atoms with Crippen LogP contribution in [0, 0.1) is 17.2 Å². The summed E-state index contributed by atoms with van der Waals surface area (Å²) in [5, 5.41) is 10.5. The molecule has 0 amide bonds. The van der Waals surface area contributed by atoms with E-state index in [-0.39, 0.29) is 0 Å². The Hall–Kier alpha value is -4.30. The quantitative estimate of drug-likeness (QED) is 0.331.